The highest BCUT2D eigenvalue weighted by Crippen LogP contribution is 2.37. The van der Waals surface area contributed by atoms with Crippen LogP contribution in [0, 0.1) is 6.92 Å². The van der Waals surface area contributed by atoms with Gasteiger partial charge in [-0.25, -0.2) is 9.38 Å². The van der Waals surface area contributed by atoms with Crippen LogP contribution in [0.1, 0.15) is 42.8 Å². The van der Waals surface area contributed by atoms with Crippen LogP contribution in [-0.2, 0) is 11.3 Å². The Hall–Kier alpha value is -3.28. The molecule has 3 aromatic heterocycles. The van der Waals surface area contributed by atoms with Gasteiger partial charge in [-0.1, -0.05) is 47.5 Å². The number of hydrogen-bond donors (Lipinski definition) is 1. The van der Waals surface area contributed by atoms with Gasteiger partial charge in [0, 0.05) is 35.8 Å². The molecule has 10 nitrogen and oxygen atoms in total. The van der Waals surface area contributed by atoms with Crippen LogP contribution >= 0.6 is 23.2 Å². The van der Waals surface area contributed by atoms with E-state index in [0.717, 1.165) is 53.4 Å². The number of aliphatic hydroxyl groups excluding tert-OH is 1. The molecule has 43 heavy (non-hydrogen) atoms. The third kappa shape index (κ3) is 5.25. The van der Waals surface area contributed by atoms with Gasteiger partial charge in [-0.05, 0) is 62.1 Å². The summed E-state index contributed by atoms with van der Waals surface area (Å²) in [7, 11) is 0. The molecule has 0 bridgehead atoms. The number of hydrogen-bond acceptors (Lipinski definition) is 8. The molecule has 0 saturated carbocycles. The predicted molar refractivity (Wildman–Crippen MR) is 167 cm³/mol. The highest BCUT2D eigenvalue weighted by Gasteiger charge is 2.38. The smallest absolute Gasteiger partial charge is 0.258 e. The molecule has 5 heterocycles. The number of benzene rings is 2. The second kappa shape index (κ2) is 11.7. The van der Waals surface area contributed by atoms with E-state index in [4.69, 9.17) is 37.9 Å². The Morgan fingerprint density at radius 2 is 1.70 bits per heavy atom. The van der Waals surface area contributed by atoms with Crippen molar-refractivity contribution in [1.29, 1.82) is 0 Å². The second-order valence-electron chi connectivity index (χ2n) is 11.6. The minimum Gasteiger partial charge on any atom is -0.395 e. The fourth-order valence-corrected chi connectivity index (χ4v) is 6.92. The summed E-state index contributed by atoms with van der Waals surface area (Å²) in [4.78, 5) is 14.7. The molecule has 2 aliphatic heterocycles. The van der Waals surface area contributed by atoms with E-state index in [0.29, 0.717) is 35.5 Å². The van der Waals surface area contributed by atoms with Crippen LogP contribution in [-0.4, -0.2) is 83.6 Å². The van der Waals surface area contributed by atoms with Gasteiger partial charge < -0.3 is 19.3 Å². The lowest BCUT2D eigenvalue weighted by Gasteiger charge is -2.48. The molecule has 12 heteroatoms. The van der Waals surface area contributed by atoms with E-state index in [1.165, 1.54) is 0 Å². The molecule has 0 spiro atoms. The molecule has 2 saturated heterocycles. The van der Waals surface area contributed by atoms with Crippen molar-refractivity contribution >= 4 is 46.0 Å². The minimum atomic E-state index is -0.187. The molecule has 0 radical (unpaired) electrons. The Labute approximate surface area is 259 Å². The molecule has 1 unspecified atom stereocenters. The normalized spacial score (nSPS) is 21.5. The number of fused-ring (bicyclic) bond motifs is 3. The van der Waals surface area contributed by atoms with E-state index in [2.05, 4.69) is 55.8 Å². The molecular weight excluding hydrogens is 587 g/mol. The topological polar surface area (TPSA) is 96.8 Å². The number of rotatable bonds is 7. The lowest BCUT2D eigenvalue weighted by molar-refractivity contribution is 0.0725. The standard InChI is InChI=1S/C31H34Cl2N8O2/c1-19-14-40(28(21-5-9-23(32)10-6-21)22-7-11-24(33)12-8-22)25(17-42)15-38(19)29-27-30(41-18-34-37-31(41)36-29)39(20(2)35-27)16-26-4-3-13-43-26/h5-12,18-19,25-26,28,42H,3-4,13-17H2,1-2H3/t19-,25-,26?/m0/s1. The van der Waals surface area contributed by atoms with E-state index >= 15 is 0 Å². The molecule has 2 aliphatic rings. The van der Waals surface area contributed by atoms with E-state index in [9.17, 15) is 5.11 Å². The summed E-state index contributed by atoms with van der Waals surface area (Å²) < 4.78 is 10.1. The Morgan fingerprint density at radius 3 is 2.33 bits per heavy atom. The third-order valence-corrected chi connectivity index (χ3v) is 9.29. The van der Waals surface area contributed by atoms with Crippen LogP contribution in [0.2, 0.25) is 10.0 Å². The number of aromatic nitrogens is 6. The molecule has 2 aromatic carbocycles. The highest BCUT2D eigenvalue weighted by molar-refractivity contribution is 6.30. The average Bonchev–Trinajstić information content (AvgIpc) is 3.76. The summed E-state index contributed by atoms with van der Waals surface area (Å²) in [5, 5.41) is 20.7. The largest absolute Gasteiger partial charge is 0.395 e. The Kier molecular flexibility index (Phi) is 7.73. The first kappa shape index (κ1) is 28.5. The zero-order chi connectivity index (χ0) is 29.7. The first-order chi connectivity index (χ1) is 20.9. The molecular formula is C31H34Cl2N8O2. The number of imidazole rings is 1. The maximum absolute atomic E-state index is 10.8. The quantitative estimate of drug-likeness (QED) is 0.274. The van der Waals surface area contributed by atoms with E-state index in [-0.39, 0.29) is 30.8 Å². The SMILES string of the molecule is Cc1nc2c(N3C[C@@H](CO)N(C(c4ccc(Cl)cc4)c4ccc(Cl)cc4)C[C@@H]3C)nc3nncn3c2n1CC1CCCO1. The molecule has 2 fully saturated rings. The molecule has 1 N–H and O–H groups in total. The van der Waals surface area contributed by atoms with Gasteiger partial charge in [0.15, 0.2) is 11.5 Å². The summed E-state index contributed by atoms with van der Waals surface area (Å²) in [6, 6.07) is 15.6. The molecule has 0 aliphatic carbocycles. The summed E-state index contributed by atoms with van der Waals surface area (Å²) in [5.41, 5.74) is 3.90. The van der Waals surface area contributed by atoms with Gasteiger partial charge >= 0.3 is 0 Å². The van der Waals surface area contributed by atoms with Crippen molar-refractivity contribution in [2.45, 2.75) is 57.5 Å². The van der Waals surface area contributed by atoms with Crippen molar-refractivity contribution < 1.29 is 9.84 Å². The summed E-state index contributed by atoms with van der Waals surface area (Å²) in [6.45, 7) is 6.93. The maximum Gasteiger partial charge on any atom is 0.258 e. The number of aliphatic hydroxyl groups is 1. The predicted octanol–water partition coefficient (Wildman–Crippen LogP) is 4.93. The fraction of sp³-hybridized carbons (Fsp3) is 0.419. The second-order valence-corrected chi connectivity index (χ2v) is 12.4. The van der Waals surface area contributed by atoms with Crippen LogP contribution in [0.3, 0.4) is 0 Å². The van der Waals surface area contributed by atoms with Gasteiger partial charge in [-0.15, -0.1) is 10.2 Å². The number of nitrogens with zero attached hydrogens (tertiary/aromatic N) is 8. The first-order valence-corrected chi connectivity index (χ1v) is 15.5. The first-order valence-electron chi connectivity index (χ1n) is 14.7. The molecule has 3 atom stereocenters. The average molecular weight is 622 g/mol. The minimum absolute atomic E-state index is 0.0241. The lowest BCUT2D eigenvalue weighted by atomic mass is 9.93. The van der Waals surface area contributed by atoms with Crippen LogP contribution in [0.5, 0.6) is 0 Å². The van der Waals surface area contributed by atoms with Crippen molar-refractivity contribution in [1.82, 2.24) is 34.0 Å². The van der Waals surface area contributed by atoms with Crippen molar-refractivity contribution in [3.8, 4) is 0 Å². The summed E-state index contributed by atoms with van der Waals surface area (Å²) >= 11 is 12.5. The number of ether oxygens (including phenoxy) is 1. The van der Waals surface area contributed by atoms with Crippen molar-refractivity contribution in [3.05, 3.63) is 81.9 Å². The van der Waals surface area contributed by atoms with E-state index < -0.39 is 0 Å². The molecule has 0 amide bonds. The Morgan fingerprint density at radius 1 is 1.00 bits per heavy atom. The fourth-order valence-electron chi connectivity index (χ4n) is 6.66. The van der Waals surface area contributed by atoms with Gasteiger partial charge in [0.1, 0.15) is 17.7 Å². The van der Waals surface area contributed by atoms with Crippen LogP contribution in [0.15, 0.2) is 54.9 Å². The molecule has 224 valence electrons. The van der Waals surface area contributed by atoms with Gasteiger partial charge in [0.05, 0.1) is 31.3 Å². The zero-order valence-electron chi connectivity index (χ0n) is 24.1. The van der Waals surface area contributed by atoms with Crippen LogP contribution in [0.25, 0.3) is 16.9 Å². The maximum atomic E-state index is 10.8. The van der Waals surface area contributed by atoms with Crippen molar-refractivity contribution in [2.75, 3.05) is 31.2 Å². The highest BCUT2D eigenvalue weighted by atomic mass is 35.5. The van der Waals surface area contributed by atoms with Crippen molar-refractivity contribution in [3.63, 3.8) is 0 Å². The monoisotopic (exact) mass is 620 g/mol. The summed E-state index contributed by atoms with van der Waals surface area (Å²) in [5.74, 6) is 2.17. The molecule has 7 rings (SSSR count). The summed E-state index contributed by atoms with van der Waals surface area (Å²) in [6.07, 6.45) is 3.95. The Bertz CT molecular complexity index is 1690. The van der Waals surface area contributed by atoms with E-state index in [1.54, 1.807) is 6.33 Å². The van der Waals surface area contributed by atoms with Crippen molar-refractivity contribution in [2.24, 2.45) is 0 Å². The van der Waals surface area contributed by atoms with Gasteiger partial charge in [-0.2, -0.15) is 4.98 Å². The van der Waals surface area contributed by atoms with Gasteiger partial charge in [-0.3, -0.25) is 4.90 Å². The molecule has 5 aromatic rings. The lowest BCUT2D eigenvalue weighted by Crippen LogP contribution is -2.60. The number of piperazine rings is 1. The van der Waals surface area contributed by atoms with Gasteiger partial charge in [0.25, 0.3) is 5.78 Å². The number of aryl methyl sites for hydroxylation is 1. The Balaban J connectivity index is 1.28. The van der Waals surface area contributed by atoms with E-state index in [1.807, 2.05) is 35.6 Å². The van der Waals surface area contributed by atoms with Crippen LogP contribution in [0.4, 0.5) is 5.82 Å². The zero-order valence-corrected chi connectivity index (χ0v) is 25.7. The number of anilines is 1. The third-order valence-electron chi connectivity index (χ3n) is 8.79. The number of halogens is 2. The van der Waals surface area contributed by atoms with Gasteiger partial charge in [0.2, 0.25) is 0 Å². The van der Waals surface area contributed by atoms with Crippen LogP contribution < -0.4 is 4.90 Å².